The molecule has 0 radical (unpaired) electrons. The van der Waals surface area contributed by atoms with Crippen LogP contribution in [0.1, 0.15) is 56.6 Å². The molecular weight excluding hydrogens is 390 g/mol. The van der Waals surface area contributed by atoms with E-state index in [0.29, 0.717) is 11.6 Å². The summed E-state index contributed by atoms with van der Waals surface area (Å²) in [5, 5.41) is 36.0. The van der Waals surface area contributed by atoms with Crippen LogP contribution in [-0.4, -0.2) is 58.5 Å². The predicted molar refractivity (Wildman–Crippen MR) is 125 cm³/mol. The number of nitrogens with zero attached hydrogens (tertiary/aromatic N) is 2. The maximum atomic E-state index is 10.3. The number of anilines is 1. The second-order valence-electron chi connectivity index (χ2n) is 9.14. The van der Waals surface area contributed by atoms with Gasteiger partial charge in [-0.2, -0.15) is 0 Å². The summed E-state index contributed by atoms with van der Waals surface area (Å²) in [7, 11) is 0. The highest BCUT2D eigenvalue weighted by atomic mass is 16.3. The number of aromatic nitrogens is 1. The minimum absolute atomic E-state index is 0.187. The van der Waals surface area contributed by atoms with Crippen molar-refractivity contribution < 1.29 is 10.2 Å². The Morgan fingerprint density at radius 1 is 1.16 bits per heavy atom. The third-order valence-electron chi connectivity index (χ3n) is 6.55. The van der Waals surface area contributed by atoms with Crippen molar-refractivity contribution in [3.8, 4) is 0 Å². The summed E-state index contributed by atoms with van der Waals surface area (Å²) in [4.78, 5) is 7.18. The number of hydrogen-bond acceptors (Lipinski definition) is 6. The smallest absolute Gasteiger partial charge is 0.140 e. The summed E-state index contributed by atoms with van der Waals surface area (Å²) in [6.45, 7) is 5.36. The molecule has 1 aliphatic heterocycles. The number of aliphatic hydroxyl groups is 2. The van der Waals surface area contributed by atoms with Crippen LogP contribution in [-0.2, 0) is 0 Å². The van der Waals surface area contributed by atoms with E-state index in [0.717, 1.165) is 67.5 Å². The van der Waals surface area contributed by atoms with Gasteiger partial charge in [0, 0.05) is 30.6 Å². The maximum absolute atomic E-state index is 10.3. The van der Waals surface area contributed by atoms with E-state index in [1.807, 2.05) is 19.1 Å². The molecule has 0 bridgehead atoms. The minimum Gasteiger partial charge on any atom is -0.392 e. The number of nitrogens with one attached hydrogen (secondary N) is 3. The van der Waals surface area contributed by atoms with Crippen molar-refractivity contribution >= 4 is 22.6 Å². The van der Waals surface area contributed by atoms with Gasteiger partial charge in [-0.3, -0.25) is 5.41 Å². The molecule has 2 fully saturated rings. The molecule has 7 nitrogen and oxygen atoms in total. The lowest BCUT2D eigenvalue weighted by Gasteiger charge is -2.38. The van der Waals surface area contributed by atoms with Gasteiger partial charge >= 0.3 is 0 Å². The molecule has 5 N–H and O–H groups in total. The summed E-state index contributed by atoms with van der Waals surface area (Å²) in [5.74, 6) is 0.983. The molecule has 4 rings (SSSR count). The van der Waals surface area contributed by atoms with Crippen LogP contribution in [0.2, 0.25) is 0 Å². The summed E-state index contributed by atoms with van der Waals surface area (Å²) >= 11 is 0. The number of hydrogen-bond donors (Lipinski definition) is 5. The van der Waals surface area contributed by atoms with Crippen LogP contribution in [0.5, 0.6) is 0 Å². The molecule has 3 atom stereocenters. The number of rotatable bonds is 5. The molecule has 3 unspecified atom stereocenters. The van der Waals surface area contributed by atoms with Crippen molar-refractivity contribution in [2.75, 3.05) is 18.0 Å². The first-order chi connectivity index (χ1) is 14.9. The normalized spacial score (nSPS) is 23.7. The van der Waals surface area contributed by atoms with E-state index in [1.165, 1.54) is 6.42 Å². The van der Waals surface area contributed by atoms with Gasteiger partial charge in [0.15, 0.2) is 0 Å². The van der Waals surface area contributed by atoms with Crippen molar-refractivity contribution in [1.29, 1.82) is 5.41 Å². The molecule has 0 spiro atoms. The highest BCUT2D eigenvalue weighted by Gasteiger charge is 2.29. The third-order valence-corrected chi connectivity index (χ3v) is 6.55. The van der Waals surface area contributed by atoms with Crippen LogP contribution in [0.25, 0.3) is 10.9 Å². The molecule has 7 heteroatoms. The fourth-order valence-electron chi connectivity index (χ4n) is 4.86. The average molecular weight is 426 g/mol. The van der Waals surface area contributed by atoms with Crippen molar-refractivity contribution in [2.24, 2.45) is 0 Å². The Kier molecular flexibility index (Phi) is 6.74. The Labute approximate surface area is 184 Å². The van der Waals surface area contributed by atoms with Crippen molar-refractivity contribution in [1.82, 2.24) is 15.6 Å². The lowest BCUT2D eigenvalue weighted by Crippen LogP contribution is -2.51. The fourth-order valence-corrected chi connectivity index (χ4v) is 4.86. The van der Waals surface area contributed by atoms with Crippen LogP contribution < -0.4 is 15.5 Å². The molecule has 1 aliphatic carbocycles. The van der Waals surface area contributed by atoms with Crippen molar-refractivity contribution in [2.45, 2.75) is 76.8 Å². The maximum Gasteiger partial charge on any atom is 0.140 e. The number of fused-ring (bicyclic) bond motifs is 1. The molecule has 1 saturated heterocycles. The van der Waals surface area contributed by atoms with Gasteiger partial charge in [0.1, 0.15) is 17.9 Å². The van der Waals surface area contributed by atoms with Gasteiger partial charge in [0.05, 0.1) is 17.2 Å². The quantitative estimate of drug-likeness (QED) is 0.287. The number of pyridine rings is 1. The Hall–Kier alpha value is -2.22. The zero-order chi connectivity index (χ0) is 22.0. The fraction of sp³-hybridized carbons (Fsp3) is 0.583. The minimum atomic E-state index is -0.801. The first kappa shape index (κ1) is 22.0. The van der Waals surface area contributed by atoms with Crippen LogP contribution >= 0.6 is 0 Å². The van der Waals surface area contributed by atoms with Gasteiger partial charge in [-0.25, -0.2) is 4.98 Å². The molecule has 1 saturated carbocycles. The number of piperidine rings is 1. The molecule has 2 aromatic rings. The molecule has 1 aromatic carbocycles. The second-order valence-corrected chi connectivity index (χ2v) is 9.14. The standard InChI is InChI=1S/C24H35N5O2/c1-15-7-8-20-17(13-15)14-19(23(25)26-16(2)30)24(28-20)29-11-9-18(10-12-29)27-21-5-3-4-6-22(21)31/h7-8,13-14,16,18,21-22,27,30-31H,3-6,9-12H2,1-2H3,(H2,25,26). The van der Waals surface area contributed by atoms with E-state index >= 15 is 0 Å². The Morgan fingerprint density at radius 2 is 1.90 bits per heavy atom. The predicted octanol–water partition coefficient (Wildman–Crippen LogP) is 2.66. The van der Waals surface area contributed by atoms with Crippen LogP contribution in [0.3, 0.4) is 0 Å². The Balaban J connectivity index is 1.53. The monoisotopic (exact) mass is 425 g/mol. The van der Waals surface area contributed by atoms with Gasteiger partial charge in [0.2, 0.25) is 0 Å². The topological polar surface area (TPSA) is 105 Å². The SMILES string of the molecule is Cc1ccc2nc(N3CCC(NC4CCCCC4O)CC3)c(C(=N)NC(C)O)cc2c1. The summed E-state index contributed by atoms with van der Waals surface area (Å²) in [6, 6.07) is 8.79. The first-order valence-corrected chi connectivity index (χ1v) is 11.5. The van der Waals surface area contributed by atoms with E-state index in [-0.39, 0.29) is 18.0 Å². The molecule has 1 aromatic heterocycles. The number of amidine groups is 1. The summed E-state index contributed by atoms with van der Waals surface area (Å²) < 4.78 is 0. The van der Waals surface area contributed by atoms with Crippen LogP contribution in [0, 0.1) is 12.3 Å². The lowest BCUT2D eigenvalue weighted by atomic mass is 9.91. The molecule has 31 heavy (non-hydrogen) atoms. The van der Waals surface area contributed by atoms with E-state index in [4.69, 9.17) is 10.4 Å². The first-order valence-electron chi connectivity index (χ1n) is 11.5. The molecule has 0 amide bonds. The average Bonchev–Trinajstić information content (AvgIpc) is 2.74. The largest absolute Gasteiger partial charge is 0.392 e. The van der Waals surface area contributed by atoms with E-state index in [2.05, 4.69) is 27.7 Å². The zero-order valence-corrected chi connectivity index (χ0v) is 18.6. The van der Waals surface area contributed by atoms with Gasteiger partial charge in [-0.1, -0.05) is 24.5 Å². The highest BCUT2D eigenvalue weighted by molar-refractivity contribution is 6.04. The summed E-state index contributed by atoms with van der Waals surface area (Å²) in [5.41, 5.74) is 2.78. The number of aliphatic hydroxyl groups excluding tert-OH is 2. The Morgan fingerprint density at radius 3 is 2.61 bits per heavy atom. The summed E-state index contributed by atoms with van der Waals surface area (Å²) in [6.07, 6.45) is 5.20. The van der Waals surface area contributed by atoms with Gasteiger partial charge < -0.3 is 25.7 Å². The van der Waals surface area contributed by atoms with Crippen LogP contribution in [0.15, 0.2) is 24.3 Å². The lowest BCUT2D eigenvalue weighted by molar-refractivity contribution is 0.0828. The van der Waals surface area contributed by atoms with E-state index in [9.17, 15) is 10.2 Å². The molecule has 168 valence electrons. The van der Waals surface area contributed by atoms with Gasteiger partial charge in [-0.05, 0) is 57.7 Å². The van der Waals surface area contributed by atoms with Gasteiger partial charge in [0.25, 0.3) is 0 Å². The van der Waals surface area contributed by atoms with Crippen LogP contribution in [0.4, 0.5) is 5.82 Å². The third kappa shape index (κ3) is 5.17. The molecule has 2 heterocycles. The zero-order valence-electron chi connectivity index (χ0n) is 18.6. The van der Waals surface area contributed by atoms with Crippen molar-refractivity contribution in [3.05, 3.63) is 35.4 Å². The Bertz CT molecular complexity index is 924. The van der Waals surface area contributed by atoms with E-state index in [1.54, 1.807) is 6.92 Å². The number of aryl methyl sites for hydroxylation is 1. The van der Waals surface area contributed by atoms with E-state index < -0.39 is 6.23 Å². The highest BCUT2D eigenvalue weighted by Crippen LogP contribution is 2.28. The molecule has 2 aliphatic rings. The number of benzene rings is 1. The van der Waals surface area contributed by atoms with Crippen molar-refractivity contribution in [3.63, 3.8) is 0 Å². The molecular formula is C24H35N5O2. The van der Waals surface area contributed by atoms with Gasteiger partial charge in [-0.15, -0.1) is 0 Å². The second kappa shape index (κ2) is 9.51.